The van der Waals surface area contributed by atoms with Crippen LogP contribution in [0.1, 0.15) is 0 Å². The third-order valence-corrected chi connectivity index (χ3v) is 5.21. The van der Waals surface area contributed by atoms with Gasteiger partial charge in [0.1, 0.15) is 27.4 Å². The van der Waals surface area contributed by atoms with E-state index >= 15 is 0 Å². The van der Waals surface area contributed by atoms with Crippen LogP contribution in [0.4, 0.5) is 0 Å². The number of thiazole rings is 1. The van der Waals surface area contributed by atoms with Crippen LogP contribution in [0.2, 0.25) is 4.34 Å². The number of thiophene rings is 1. The van der Waals surface area contributed by atoms with Crippen molar-refractivity contribution in [3.63, 3.8) is 0 Å². The molecule has 0 amide bonds. The maximum absolute atomic E-state index is 6.21. The Morgan fingerprint density at radius 1 is 1.10 bits per heavy atom. The van der Waals surface area contributed by atoms with Gasteiger partial charge in [0, 0.05) is 11.6 Å². The molecule has 4 rings (SSSR count). The summed E-state index contributed by atoms with van der Waals surface area (Å²) in [5.74, 6) is 1.34. The monoisotopic (exact) mass is 336 g/mol. The summed E-state index contributed by atoms with van der Waals surface area (Å²) in [7, 11) is 0. The number of pyridine rings is 1. The molecule has 106 valence electrons. The molecule has 0 N–H and O–H groups in total. The summed E-state index contributed by atoms with van der Waals surface area (Å²) in [6, 6.07) is 5.78. The minimum atomic E-state index is 0.527. The topological polar surface area (TPSA) is 44.2 Å². The van der Waals surface area contributed by atoms with Gasteiger partial charge in [-0.15, -0.1) is 22.7 Å². The molecule has 4 heterocycles. The fourth-order valence-electron chi connectivity index (χ4n) is 2.07. The fourth-order valence-corrected chi connectivity index (χ4v) is 4.18. The van der Waals surface area contributed by atoms with Gasteiger partial charge in [0.15, 0.2) is 11.5 Å². The number of aromatic nitrogens is 2. The zero-order chi connectivity index (χ0) is 14.2. The van der Waals surface area contributed by atoms with E-state index in [0.29, 0.717) is 29.0 Å². The highest BCUT2D eigenvalue weighted by atomic mass is 35.5. The van der Waals surface area contributed by atoms with Crippen LogP contribution in [-0.4, -0.2) is 23.2 Å². The molecule has 1 aliphatic heterocycles. The van der Waals surface area contributed by atoms with Crippen LogP contribution in [0.3, 0.4) is 0 Å². The molecule has 0 unspecified atom stereocenters. The van der Waals surface area contributed by atoms with Crippen molar-refractivity contribution in [2.75, 3.05) is 13.2 Å². The van der Waals surface area contributed by atoms with Crippen molar-refractivity contribution >= 4 is 34.3 Å². The quantitative estimate of drug-likeness (QED) is 0.697. The lowest BCUT2D eigenvalue weighted by atomic mass is 10.3. The first-order chi connectivity index (χ1) is 10.3. The van der Waals surface area contributed by atoms with Crippen molar-refractivity contribution in [2.24, 2.45) is 0 Å². The molecule has 0 bridgehead atoms. The van der Waals surface area contributed by atoms with E-state index in [0.717, 1.165) is 21.3 Å². The molecule has 3 aromatic heterocycles. The van der Waals surface area contributed by atoms with Crippen LogP contribution in [0.5, 0.6) is 11.5 Å². The molecule has 0 spiro atoms. The number of halogens is 1. The molecule has 4 nitrogen and oxygen atoms in total. The van der Waals surface area contributed by atoms with Gasteiger partial charge in [-0.25, -0.2) is 4.98 Å². The van der Waals surface area contributed by atoms with E-state index in [1.54, 1.807) is 17.5 Å². The number of hydrogen-bond acceptors (Lipinski definition) is 6. The van der Waals surface area contributed by atoms with Gasteiger partial charge in [0.25, 0.3) is 0 Å². The maximum atomic E-state index is 6.21. The van der Waals surface area contributed by atoms with Crippen molar-refractivity contribution in [1.29, 1.82) is 0 Å². The minimum Gasteiger partial charge on any atom is -0.484 e. The fraction of sp³-hybridized carbons (Fsp3) is 0.143. The molecule has 0 saturated heterocycles. The summed E-state index contributed by atoms with van der Waals surface area (Å²) >= 11 is 9.20. The molecular weight excluding hydrogens is 328 g/mol. The average molecular weight is 337 g/mol. The highest BCUT2D eigenvalue weighted by molar-refractivity contribution is 7.20. The lowest BCUT2D eigenvalue weighted by Crippen LogP contribution is -2.14. The molecule has 7 heteroatoms. The summed E-state index contributed by atoms with van der Waals surface area (Å²) in [6.45, 7) is 1.06. The zero-order valence-electron chi connectivity index (χ0n) is 10.7. The van der Waals surface area contributed by atoms with Gasteiger partial charge in [0.2, 0.25) is 0 Å². The van der Waals surface area contributed by atoms with Crippen molar-refractivity contribution < 1.29 is 9.47 Å². The van der Waals surface area contributed by atoms with Gasteiger partial charge in [-0.05, 0) is 12.1 Å². The standard InChI is InChI=1S/C14H9ClN2O2S2/c15-13-11-10(18-5-6-19-11)12(21-13)9-7-20-14(17-9)8-3-1-2-4-16-8/h1-4,7H,5-6H2. The molecule has 1 aliphatic rings. The van der Waals surface area contributed by atoms with Gasteiger partial charge in [-0.1, -0.05) is 17.7 Å². The molecule has 0 saturated carbocycles. The van der Waals surface area contributed by atoms with Gasteiger partial charge < -0.3 is 9.47 Å². The Labute approximate surface area is 134 Å². The summed E-state index contributed by atoms with van der Waals surface area (Å²) in [6.07, 6.45) is 1.76. The predicted molar refractivity (Wildman–Crippen MR) is 84.7 cm³/mol. The second kappa shape index (κ2) is 5.29. The van der Waals surface area contributed by atoms with E-state index in [-0.39, 0.29) is 0 Å². The molecule has 0 atom stereocenters. The predicted octanol–water partition coefficient (Wildman–Crippen LogP) is 4.36. The van der Waals surface area contributed by atoms with E-state index in [9.17, 15) is 0 Å². The van der Waals surface area contributed by atoms with E-state index in [1.165, 1.54) is 11.3 Å². The molecule has 3 aromatic rings. The van der Waals surface area contributed by atoms with Crippen molar-refractivity contribution in [1.82, 2.24) is 9.97 Å². The average Bonchev–Trinajstić information content (AvgIpc) is 3.14. The maximum Gasteiger partial charge on any atom is 0.191 e. The Morgan fingerprint density at radius 3 is 2.76 bits per heavy atom. The Balaban J connectivity index is 1.77. The molecule has 0 aromatic carbocycles. The highest BCUT2D eigenvalue weighted by Gasteiger charge is 2.25. The first-order valence-corrected chi connectivity index (χ1v) is 8.35. The van der Waals surface area contributed by atoms with Crippen LogP contribution in [0.25, 0.3) is 21.3 Å². The Hall–Kier alpha value is -1.63. The van der Waals surface area contributed by atoms with Gasteiger partial charge in [-0.3, -0.25) is 4.98 Å². The van der Waals surface area contributed by atoms with Crippen molar-refractivity contribution in [3.8, 4) is 32.8 Å². The minimum absolute atomic E-state index is 0.527. The number of ether oxygens (including phenoxy) is 2. The lowest BCUT2D eigenvalue weighted by Gasteiger charge is -2.15. The highest BCUT2D eigenvalue weighted by Crippen LogP contribution is 2.51. The van der Waals surface area contributed by atoms with Gasteiger partial charge in [0.05, 0.1) is 11.4 Å². The summed E-state index contributed by atoms with van der Waals surface area (Å²) in [5.41, 5.74) is 1.71. The second-order valence-electron chi connectivity index (χ2n) is 4.31. The second-order valence-corrected chi connectivity index (χ2v) is 6.79. The Kier molecular flexibility index (Phi) is 3.29. The van der Waals surface area contributed by atoms with E-state index in [4.69, 9.17) is 21.1 Å². The van der Waals surface area contributed by atoms with Crippen molar-refractivity contribution in [2.45, 2.75) is 0 Å². The van der Waals surface area contributed by atoms with Crippen LogP contribution in [-0.2, 0) is 0 Å². The van der Waals surface area contributed by atoms with E-state index < -0.39 is 0 Å². The summed E-state index contributed by atoms with van der Waals surface area (Å²) in [5, 5.41) is 2.87. The smallest absolute Gasteiger partial charge is 0.191 e. The third kappa shape index (κ3) is 2.29. The number of hydrogen-bond donors (Lipinski definition) is 0. The first-order valence-electron chi connectivity index (χ1n) is 6.28. The van der Waals surface area contributed by atoms with Crippen LogP contribution >= 0.6 is 34.3 Å². The van der Waals surface area contributed by atoms with E-state index in [2.05, 4.69) is 9.97 Å². The summed E-state index contributed by atoms with van der Waals surface area (Å²) < 4.78 is 11.9. The largest absolute Gasteiger partial charge is 0.484 e. The Bertz CT molecular complexity index is 786. The summed E-state index contributed by atoms with van der Waals surface area (Å²) in [4.78, 5) is 9.87. The molecular formula is C14H9ClN2O2S2. The normalized spacial score (nSPS) is 13.4. The molecule has 0 aliphatic carbocycles. The lowest BCUT2D eigenvalue weighted by molar-refractivity contribution is 0.174. The first kappa shape index (κ1) is 13.1. The third-order valence-electron chi connectivity index (χ3n) is 2.98. The SMILES string of the molecule is Clc1sc(-c2csc(-c3ccccn3)n2)c2c1OCCO2. The van der Waals surface area contributed by atoms with Crippen LogP contribution in [0.15, 0.2) is 29.8 Å². The van der Waals surface area contributed by atoms with E-state index in [1.807, 2.05) is 23.6 Å². The van der Waals surface area contributed by atoms with Crippen LogP contribution < -0.4 is 9.47 Å². The van der Waals surface area contributed by atoms with Gasteiger partial charge >= 0.3 is 0 Å². The van der Waals surface area contributed by atoms with Crippen LogP contribution in [0, 0.1) is 0 Å². The number of fused-ring (bicyclic) bond motifs is 1. The molecule has 0 radical (unpaired) electrons. The van der Waals surface area contributed by atoms with Gasteiger partial charge in [-0.2, -0.15) is 0 Å². The Morgan fingerprint density at radius 2 is 1.95 bits per heavy atom. The van der Waals surface area contributed by atoms with Crippen molar-refractivity contribution in [3.05, 3.63) is 34.1 Å². The molecule has 0 fully saturated rings. The zero-order valence-corrected chi connectivity index (χ0v) is 13.1. The number of nitrogens with zero attached hydrogens (tertiary/aromatic N) is 2. The molecule has 21 heavy (non-hydrogen) atoms. The number of rotatable bonds is 2.